The first-order valence-electron chi connectivity index (χ1n) is 7.15. The number of hydrogen-bond donors (Lipinski definition) is 1. The van der Waals surface area contributed by atoms with Crippen LogP contribution in [0, 0.1) is 5.92 Å². The first-order valence-corrected chi connectivity index (χ1v) is 7.15. The summed E-state index contributed by atoms with van der Waals surface area (Å²) in [5, 5.41) is 3.61. The lowest BCUT2D eigenvalue weighted by atomic mass is 9.93. The molecule has 2 nitrogen and oxygen atoms in total. The van der Waals surface area contributed by atoms with E-state index in [4.69, 9.17) is 4.74 Å². The first-order chi connectivity index (χ1) is 7.84. The molecule has 1 saturated carbocycles. The third kappa shape index (κ3) is 5.86. The number of ether oxygens (including phenoxy) is 1. The summed E-state index contributed by atoms with van der Waals surface area (Å²) in [5.41, 5.74) is 0. The lowest BCUT2D eigenvalue weighted by molar-refractivity contribution is 0.132. The summed E-state index contributed by atoms with van der Waals surface area (Å²) in [6, 6.07) is 0.670. The molecule has 0 aromatic rings. The van der Waals surface area contributed by atoms with Crippen molar-refractivity contribution in [2.45, 2.75) is 64.8 Å². The van der Waals surface area contributed by atoms with Gasteiger partial charge in [0, 0.05) is 19.2 Å². The molecule has 0 aliphatic heterocycles. The Hall–Kier alpha value is -0.0800. The molecule has 0 radical (unpaired) electrons. The minimum Gasteiger partial charge on any atom is -0.380 e. The van der Waals surface area contributed by atoms with Crippen LogP contribution in [-0.2, 0) is 4.74 Å². The summed E-state index contributed by atoms with van der Waals surface area (Å²) in [4.78, 5) is 0. The molecule has 0 spiro atoms. The first kappa shape index (κ1) is 14.0. The van der Waals surface area contributed by atoms with Crippen molar-refractivity contribution in [3.63, 3.8) is 0 Å². The van der Waals surface area contributed by atoms with Crippen molar-refractivity contribution in [1.82, 2.24) is 5.32 Å². The van der Waals surface area contributed by atoms with Crippen molar-refractivity contribution in [3.8, 4) is 0 Å². The second kappa shape index (κ2) is 9.00. The smallest absolute Gasteiger partial charge is 0.0590 e. The third-order valence-electron chi connectivity index (χ3n) is 3.67. The largest absolute Gasteiger partial charge is 0.380 e. The Morgan fingerprint density at radius 1 is 1.12 bits per heavy atom. The van der Waals surface area contributed by atoms with Gasteiger partial charge in [0.15, 0.2) is 0 Å². The summed E-state index contributed by atoms with van der Waals surface area (Å²) in [5.74, 6) is 0.897. The highest BCUT2D eigenvalue weighted by molar-refractivity contribution is 4.74. The Morgan fingerprint density at radius 3 is 2.44 bits per heavy atom. The highest BCUT2D eigenvalue weighted by Gasteiger charge is 2.18. The SMILES string of the molecule is CCCOCCN[C@@H](C)C1CCCCCC1. The van der Waals surface area contributed by atoms with Crippen LogP contribution in [0.4, 0.5) is 0 Å². The van der Waals surface area contributed by atoms with Gasteiger partial charge in [0.1, 0.15) is 0 Å². The van der Waals surface area contributed by atoms with Crippen molar-refractivity contribution in [2.24, 2.45) is 5.92 Å². The van der Waals surface area contributed by atoms with Crippen LogP contribution >= 0.6 is 0 Å². The predicted molar refractivity (Wildman–Crippen MR) is 69.8 cm³/mol. The maximum Gasteiger partial charge on any atom is 0.0590 e. The maximum atomic E-state index is 5.48. The second-order valence-electron chi connectivity index (χ2n) is 5.11. The van der Waals surface area contributed by atoms with E-state index in [-0.39, 0.29) is 0 Å². The molecular weight excluding hydrogens is 198 g/mol. The van der Waals surface area contributed by atoms with E-state index < -0.39 is 0 Å². The standard InChI is InChI=1S/C14H29NO/c1-3-11-16-12-10-15-13(2)14-8-6-4-5-7-9-14/h13-15H,3-12H2,1-2H3/t13-/m0/s1. The fourth-order valence-electron chi connectivity index (χ4n) is 2.58. The highest BCUT2D eigenvalue weighted by Crippen LogP contribution is 2.25. The molecule has 1 aliphatic rings. The molecule has 1 rings (SSSR count). The van der Waals surface area contributed by atoms with Crippen molar-refractivity contribution in [1.29, 1.82) is 0 Å². The monoisotopic (exact) mass is 227 g/mol. The van der Waals surface area contributed by atoms with Crippen LogP contribution in [0.2, 0.25) is 0 Å². The van der Waals surface area contributed by atoms with E-state index in [1.54, 1.807) is 0 Å². The number of rotatable bonds is 7. The molecule has 0 aromatic carbocycles. The van der Waals surface area contributed by atoms with Gasteiger partial charge >= 0.3 is 0 Å². The fraction of sp³-hybridized carbons (Fsp3) is 1.00. The van der Waals surface area contributed by atoms with E-state index >= 15 is 0 Å². The minimum atomic E-state index is 0.670. The van der Waals surface area contributed by atoms with Gasteiger partial charge in [-0.15, -0.1) is 0 Å². The Morgan fingerprint density at radius 2 is 1.81 bits per heavy atom. The Labute approximate surface area is 101 Å². The molecule has 1 atom stereocenters. The predicted octanol–water partition coefficient (Wildman–Crippen LogP) is 3.36. The summed E-state index contributed by atoms with van der Waals surface area (Å²) in [6.07, 6.45) is 9.73. The topological polar surface area (TPSA) is 21.3 Å². The zero-order valence-corrected chi connectivity index (χ0v) is 11.1. The van der Waals surface area contributed by atoms with Gasteiger partial charge < -0.3 is 10.1 Å². The minimum absolute atomic E-state index is 0.670. The maximum absolute atomic E-state index is 5.48. The van der Waals surface area contributed by atoms with E-state index in [0.29, 0.717) is 6.04 Å². The quantitative estimate of drug-likeness (QED) is 0.532. The van der Waals surface area contributed by atoms with Gasteiger partial charge in [-0.25, -0.2) is 0 Å². The van der Waals surface area contributed by atoms with Crippen molar-refractivity contribution in [3.05, 3.63) is 0 Å². The highest BCUT2D eigenvalue weighted by atomic mass is 16.5. The van der Waals surface area contributed by atoms with E-state index in [1.165, 1.54) is 38.5 Å². The number of hydrogen-bond acceptors (Lipinski definition) is 2. The molecule has 0 unspecified atom stereocenters. The van der Waals surface area contributed by atoms with Gasteiger partial charge in [-0.2, -0.15) is 0 Å². The molecule has 2 heteroatoms. The van der Waals surface area contributed by atoms with E-state index in [2.05, 4.69) is 19.2 Å². The van der Waals surface area contributed by atoms with Crippen LogP contribution in [0.15, 0.2) is 0 Å². The fourth-order valence-corrected chi connectivity index (χ4v) is 2.58. The zero-order chi connectivity index (χ0) is 11.6. The van der Waals surface area contributed by atoms with E-state index in [9.17, 15) is 0 Å². The van der Waals surface area contributed by atoms with Crippen molar-refractivity contribution < 1.29 is 4.74 Å². The summed E-state index contributed by atoms with van der Waals surface area (Å²) >= 11 is 0. The van der Waals surface area contributed by atoms with Crippen LogP contribution < -0.4 is 5.32 Å². The molecule has 1 fully saturated rings. The van der Waals surface area contributed by atoms with E-state index in [0.717, 1.165) is 32.1 Å². The Kier molecular flexibility index (Phi) is 7.87. The van der Waals surface area contributed by atoms with Gasteiger partial charge in [-0.1, -0.05) is 32.6 Å². The Bertz CT molecular complexity index is 153. The molecule has 0 amide bonds. The molecule has 0 heterocycles. The molecular formula is C14H29NO. The average molecular weight is 227 g/mol. The molecule has 1 N–H and O–H groups in total. The third-order valence-corrected chi connectivity index (χ3v) is 3.67. The number of nitrogens with one attached hydrogen (secondary N) is 1. The van der Waals surface area contributed by atoms with Gasteiger partial charge in [0.25, 0.3) is 0 Å². The van der Waals surface area contributed by atoms with Gasteiger partial charge in [-0.05, 0) is 32.1 Å². The Balaban J connectivity index is 2.05. The van der Waals surface area contributed by atoms with Crippen LogP contribution in [0.3, 0.4) is 0 Å². The normalized spacial score (nSPS) is 20.6. The van der Waals surface area contributed by atoms with Crippen LogP contribution in [0.25, 0.3) is 0 Å². The molecule has 0 aromatic heterocycles. The molecule has 96 valence electrons. The summed E-state index contributed by atoms with van der Waals surface area (Å²) in [6.45, 7) is 7.28. The van der Waals surface area contributed by atoms with Gasteiger partial charge in [0.2, 0.25) is 0 Å². The van der Waals surface area contributed by atoms with Crippen LogP contribution in [0.1, 0.15) is 58.8 Å². The lowest BCUT2D eigenvalue weighted by Gasteiger charge is -2.23. The molecule has 0 saturated heterocycles. The average Bonchev–Trinajstić information content (AvgIpc) is 2.57. The lowest BCUT2D eigenvalue weighted by Crippen LogP contribution is -2.35. The molecule has 1 aliphatic carbocycles. The van der Waals surface area contributed by atoms with Crippen molar-refractivity contribution >= 4 is 0 Å². The van der Waals surface area contributed by atoms with Gasteiger partial charge in [0.05, 0.1) is 6.61 Å². The molecule has 0 bridgehead atoms. The zero-order valence-electron chi connectivity index (χ0n) is 11.1. The summed E-state index contributed by atoms with van der Waals surface area (Å²) in [7, 11) is 0. The van der Waals surface area contributed by atoms with E-state index in [1.807, 2.05) is 0 Å². The van der Waals surface area contributed by atoms with Crippen LogP contribution in [0.5, 0.6) is 0 Å². The van der Waals surface area contributed by atoms with Crippen LogP contribution in [-0.4, -0.2) is 25.8 Å². The summed E-state index contributed by atoms with van der Waals surface area (Å²) < 4.78 is 5.48. The second-order valence-corrected chi connectivity index (χ2v) is 5.11. The molecule has 16 heavy (non-hydrogen) atoms. The van der Waals surface area contributed by atoms with Gasteiger partial charge in [-0.3, -0.25) is 0 Å². The van der Waals surface area contributed by atoms with Crippen molar-refractivity contribution in [2.75, 3.05) is 19.8 Å².